The Hall–Kier alpha value is -7.43. The van der Waals surface area contributed by atoms with E-state index in [0.29, 0.717) is 11.6 Å². The third-order valence-corrected chi connectivity index (χ3v) is 11.5. The lowest BCUT2D eigenvalue weighted by Crippen LogP contribution is -2.08. The SMILES string of the molecule is C1=CC(c2nc(-c3ccccc3)nc(-c3cccc(-c4ccccc4)c3)n2)CC=C1c1ccc(C2=CCc3c(ccc4ccccc34)-c3c2oc2ccccc32)cc1. The highest BCUT2D eigenvalue weighted by atomic mass is 16.3. The number of aromatic nitrogens is 3. The Kier molecular flexibility index (Phi) is 8.32. The second kappa shape index (κ2) is 14.3. The summed E-state index contributed by atoms with van der Waals surface area (Å²) in [6, 6.07) is 59.6. The van der Waals surface area contributed by atoms with E-state index in [1.807, 2.05) is 30.3 Å². The quantitative estimate of drug-likeness (QED) is 0.170. The van der Waals surface area contributed by atoms with E-state index in [0.717, 1.165) is 68.8 Å². The second-order valence-corrected chi connectivity index (χ2v) is 15.0. The number of hydrogen-bond acceptors (Lipinski definition) is 4. The maximum absolute atomic E-state index is 6.70. The zero-order chi connectivity index (χ0) is 38.4. The lowest BCUT2D eigenvalue weighted by atomic mass is 9.90. The van der Waals surface area contributed by atoms with Gasteiger partial charge in [-0.15, -0.1) is 0 Å². The number of allylic oxidation sites excluding steroid dienone is 5. The van der Waals surface area contributed by atoms with Crippen molar-refractivity contribution in [2.75, 3.05) is 0 Å². The molecule has 0 bridgehead atoms. The summed E-state index contributed by atoms with van der Waals surface area (Å²) in [6.45, 7) is 0. The van der Waals surface area contributed by atoms with Gasteiger partial charge < -0.3 is 4.42 Å². The molecule has 7 aromatic carbocycles. The molecular weight excluding hydrogens is 707 g/mol. The van der Waals surface area contributed by atoms with Crippen molar-refractivity contribution in [3.63, 3.8) is 0 Å². The first-order valence-corrected chi connectivity index (χ1v) is 19.9. The summed E-state index contributed by atoms with van der Waals surface area (Å²) in [5.41, 5.74) is 13.5. The van der Waals surface area contributed by atoms with Gasteiger partial charge in [0.25, 0.3) is 0 Å². The second-order valence-electron chi connectivity index (χ2n) is 15.0. The van der Waals surface area contributed by atoms with Crippen molar-refractivity contribution < 1.29 is 4.42 Å². The van der Waals surface area contributed by atoms with Crippen LogP contribution in [0.5, 0.6) is 0 Å². The molecule has 0 radical (unpaired) electrons. The molecule has 0 saturated heterocycles. The van der Waals surface area contributed by atoms with E-state index in [1.54, 1.807) is 0 Å². The molecule has 1 unspecified atom stereocenters. The number of hydrogen-bond donors (Lipinski definition) is 0. The van der Waals surface area contributed by atoms with Crippen LogP contribution < -0.4 is 0 Å². The number of nitrogens with zero attached hydrogens (tertiary/aromatic N) is 3. The third-order valence-electron chi connectivity index (χ3n) is 11.5. The Balaban J connectivity index is 0.904. The van der Waals surface area contributed by atoms with Gasteiger partial charge in [-0.25, -0.2) is 15.0 Å². The Morgan fingerprint density at radius 3 is 1.97 bits per heavy atom. The number of para-hydroxylation sites is 1. The summed E-state index contributed by atoms with van der Waals surface area (Å²) in [7, 11) is 0. The van der Waals surface area contributed by atoms with Gasteiger partial charge in [0.15, 0.2) is 11.6 Å². The van der Waals surface area contributed by atoms with Gasteiger partial charge >= 0.3 is 0 Å². The fourth-order valence-corrected chi connectivity index (χ4v) is 8.58. The summed E-state index contributed by atoms with van der Waals surface area (Å²) < 4.78 is 6.70. The van der Waals surface area contributed by atoms with E-state index in [9.17, 15) is 0 Å². The van der Waals surface area contributed by atoms with Crippen molar-refractivity contribution >= 4 is 32.9 Å². The standard InChI is InChI=1S/C54H37N3O/c1-3-12-35(13-4-1)42-17-11-18-43(34-42)54-56-52(40-15-5-2-6-16-40)55-53(57-54)41-28-24-37(25-29-41)36-22-26-39(27-23-36)45-32-33-46-44-19-8-7-14-38(44)30-31-47(46)50-48-20-9-10-21-49(48)58-51(45)50/h1-28,30-32,34,41H,29,33H2. The van der Waals surface area contributed by atoms with E-state index < -0.39 is 0 Å². The van der Waals surface area contributed by atoms with Crippen molar-refractivity contribution in [3.8, 4) is 45.0 Å². The van der Waals surface area contributed by atoms with Crippen molar-refractivity contribution in [2.24, 2.45) is 0 Å². The highest BCUT2D eigenvalue weighted by molar-refractivity contribution is 6.06. The minimum absolute atomic E-state index is 0.0184. The van der Waals surface area contributed by atoms with Crippen molar-refractivity contribution in [3.05, 3.63) is 222 Å². The van der Waals surface area contributed by atoms with Gasteiger partial charge in [0, 0.05) is 33.6 Å². The highest BCUT2D eigenvalue weighted by Crippen LogP contribution is 2.46. The van der Waals surface area contributed by atoms with Crippen LogP contribution in [0.3, 0.4) is 0 Å². The van der Waals surface area contributed by atoms with E-state index in [-0.39, 0.29) is 5.92 Å². The van der Waals surface area contributed by atoms with Crippen molar-refractivity contribution in [1.29, 1.82) is 0 Å². The molecule has 2 aliphatic carbocycles. The molecule has 58 heavy (non-hydrogen) atoms. The predicted octanol–water partition coefficient (Wildman–Crippen LogP) is 13.6. The molecule has 1 atom stereocenters. The van der Waals surface area contributed by atoms with Crippen LogP contribution in [0.2, 0.25) is 0 Å². The van der Waals surface area contributed by atoms with E-state index in [1.165, 1.54) is 38.6 Å². The van der Waals surface area contributed by atoms with Crippen LogP contribution in [0.15, 0.2) is 199 Å². The minimum Gasteiger partial charge on any atom is -0.455 e. The van der Waals surface area contributed by atoms with Gasteiger partial charge in [-0.1, -0.05) is 182 Å². The van der Waals surface area contributed by atoms with Gasteiger partial charge in [0.2, 0.25) is 0 Å². The van der Waals surface area contributed by atoms with E-state index >= 15 is 0 Å². The summed E-state index contributed by atoms with van der Waals surface area (Å²) in [5.74, 6) is 3.08. The normalized spacial score (nSPS) is 14.7. The van der Waals surface area contributed by atoms with Crippen molar-refractivity contribution in [2.45, 2.75) is 18.8 Å². The monoisotopic (exact) mass is 743 g/mol. The number of furan rings is 1. The average Bonchev–Trinajstić information content (AvgIpc) is 3.60. The van der Waals surface area contributed by atoms with Gasteiger partial charge in [0.05, 0.1) is 0 Å². The van der Waals surface area contributed by atoms with Crippen LogP contribution in [-0.4, -0.2) is 15.0 Å². The van der Waals surface area contributed by atoms with Crippen molar-refractivity contribution in [1.82, 2.24) is 15.0 Å². The van der Waals surface area contributed by atoms with Gasteiger partial charge in [0.1, 0.15) is 17.2 Å². The Bertz CT molecular complexity index is 3100. The molecule has 0 amide bonds. The molecule has 0 aliphatic heterocycles. The molecule has 4 nitrogen and oxygen atoms in total. The zero-order valence-corrected chi connectivity index (χ0v) is 31.7. The molecule has 0 N–H and O–H groups in total. The lowest BCUT2D eigenvalue weighted by molar-refractivity contribution is 0.602. The maximum atomic E-state index is 6.70. The maximum Gasteiger partial charge on any atom is 0.163 e. The van der Waals surface area contributed by atoms with E-state index in [2.05, 4.69) is 164 Å². The first-order valence-electron chi connectivity index (χ1n) is 19.9. The third kappa shape index (κ3) is 6.07. The molecule has 4 heteroatoms. The molecular formula is C54H37N3O. The van der Waals surface area contributed by atoms with Gasteiger partial charge in [-0.3, -0.25) is 0 Å². The molecule has 2 aromatic heterocycles. The first-order chi connectivity index (χ1) is 28.7. The molecule has 9 aromatic rings. The fourth-order valence-electron chi connectivity index (χ4n) is 8.58. The number of rotatable bonds is 6. The average molecular weight is 744 g/mol. The topological polar surface area (TPSA) is 51.8 Å². The Morgan fingerprint density at radius 2 is 1.17 bits per heavy atom. The largest absolute Gasteiger partial charge is 0.455 e. The number of benzene rings is 7. The summed E-state index contributed by atoms with van der Waals surface area (Å²) in [4.78, 5) is 15.2. The summed E-state index contributed by atoms with van der Waals surface area (Å²) in [6.07, 6.45) is 10.7. The van der Waals surface area contributed by atoms with Crippen LogP contribution in [0, 0.1) is 0 Å². The fraction of sp³-hybridized carbons (Fsp3) is 0.0556. The molecule has 0 saturated carbocycles. The Morgan fingerprint density at radius 1 is 0.500 bits per heavy atom. The molecule has 2 heterocycles. The lowest BCUT2D eigenvalue weighted by Gasteiger charge is -2.17. The smallest absolute Gasteiger partial charge is 0.163 e. The first kappa shape index (κ1) is 33.9. The molecule has 0 fully saturated rings. The minimum atomic E-state index is 0.0184. The highest BCUT2D eigenvalue weighted by Gasteiger charge is 2.26. The zero-order valence-electron chi connectivity index (χ0n) is 31.7. The molecule has 11 rings (SSSR count). The van der Waals surface area contributed by atoms with Crippen LogP contribution in [0.4, 0.5) is 0 Å². The predicted molar refractivity (Wildman–Crippen MR) is 237 cm³/mol. The van der Waals surface area contributed by atoms with Crippen LogP contribution >= 0.6 is 0 Å². The van der Waals surface area contributed by atoms with Gasteiger partial charge in [-0.2, -0.15) is 0 Å². The van der Waals surface area contributed by atoms with Crippen LogP contribution in [-0.2, 0) is 6.42 Å². The summed E-state index contributed by atoms with van der Waals surface area (Å²) in [5, 5.41) is 3.70. The molecule has 274 valence electrons. The van der Waals surface area contributed by atoms with E-state index in [4.69, 9.17) is 19.4 Å². The molecule has 0 spiro atoms. The Labute approximate surface area is 337 Å². The van der Waals surface area contributed by atoms with Gasteiger partial charge in [-0.05, 0) is 74.7 Å². The van der Waals surface area contributed by atoms with Crippen LogP contribution in [0.1, 0.15) is 40.6 Å². The molecule has 2 aliphatic rings. The van der Waals surface area contributed by atoms with Crippen LogP contribution in [0.25, 0.3) is 77.9 Å². The summed E-state index contributed by atoms with van der Waals surface area (Å²) >= 11 is 0. The number of fused-ring (bicyclic) bond motifs is 7.